The van der Waals surface area contributed by atoms with Gasteiger partial charge >= 0.3 is 6.18 Å². The molecule has 160 valence electrons. The fraction of sp³-hybridized carbons (Fsp3) is 0.238. The average Bonchev–Trinajstić information content (AvgIpc) is 2.70. The molecule has 0 atom stereocenters. The summed E-state index contributed by atoms with van der Waals surface area (Å²) >= 11 is 0. The molecular formula is C21H21F3N2O4. The Morgan fingerprint density at radius 3 is 2.33 bits per heavy atom. The molecule has 2 amide bonds. The second-order valence-electron chi connectivity index (χ2n) is 6.39. The van der Waals surface area contributed by atoms with Gasteiger partial charge in [-0.3, -0.25) is 9.59 Å². The number of benzene rings is 2. The van der Waals surface area contributed by atoms with Crippen LogP contribution in [-0.4, -0.2) is 37.5 Å². The van der Waals surface area contributed by atoms with Crippen LogP contribution in [0.4, 0.5) is 13.2 Å². The van der Waals surface area contributed by atoms with Crippen LogP contribution in [0.25, 0.3) is 6.08 Å². The molecule has 0 unspecified atom stereocenters. The normalized spacial score (nSPS) is 11.4. The van der Waals surface area contributed by atoms with Crippen molar-refractivity contribution in [3.8, 4) is 11.5 Å². The SMILES string of the molecule is COc1cc(/C=C/C(=O)N(C)Cc2ccc(C(F)(F)F)cc2)ccc1OCC(N)=O. The molecule has 0 aliphatic heterocycles. The van der Waals surface area contributed by atoms with E-state index in [9.17, 15) is 22.8 Å². The van der Waals surface area contributed by atoms with E-state index in [1.165, 1.54) is 30.2 Å². The monoisotopic (exact) mass is 422 g/mol. The summed E-state index contributed by atoms with van der Waals surface area (Å²) in [5.41, 5.74) is 5.53. The molecule has 0 fully saturated rings. The third kappa shape index (κ3) is 6.54. The molecule has 6 nitrogen and oxygen atoms in total. The quantitative estimate of drug-likeness (QED) is 0.662. The Bertz CT molecular complexity index is 925. The van der Waals surface area contributed by atoms with Gasteiger partial charge in [0.1, 0.15) is 0 Å². The van der Waals surface area contributed by atoms with Crippen LogP contribution in [0.15, 0.2) is 48.5 Å². The van der Waals surface area contributed by atoms with Crippen molar-refractivity contribution in [2.24, 2.45) is 5.73 Å². The third-order valence-corrected chi connectivity index (χ3v) is 4.05. The van der Waals surface area contributed by atoms with Gasteiger partial charge in [0.2, 0.25) is 5.91 Å². The van der Waals surface area contributed by atoms with Gasteiger partial charge in [-0.15, -0.1) is 0 Å². The van der Waals surface area contributed by atoms with Crippen LogP contribution in [-0.2, 0) is 22.3 Å². The molecule has 9 heteroatoms. The molecule has 2 aromatic rings. The van der Waals surface area contributed by atoms with E-state index in [1.54, 1.807) is 31.3 Å². The molecule has 0 radical (unpaired) electrons. The van der Waals surface area contributed by atoms with Gasteiger partial charge in [0.05, 0.1) is 12.7 Å². The third-order valence-electron chi connectivity index (χ3n) is 4.05. The van der Waals surface area contributed by atoms with Gasteiger partial charge in [-0.25, -0.2) is 0 Å². The van der Waals surface area contributed by atoms with Crippen LogP contribution < -0.4 is 15.2 Å². The maximum Gasteiger partial charge on any atom is 0.416 e. The van der Waals surface area contributed by atoms with Gasteiger partial charge < -0.3 is 20.1 Å². The second-order valence-corrected chi connectivity index (χ2v) is 6.39. The number of amides is 2. The Morgan fingerprint density at radius 2 is 1.77 bits per heavy atom. The van der Waals surface area contributed by atoms with E-state index < -0.39 is 17.6 Å². The lowest BCUT2D eigenvalue weighted by molar-refractivity contribution is -0.137. The van der Waals surface area contributed by atoms with E-state index in [-0.39, 0.29) is 19.1 Å². The summed E-state index contributed by atoms with van der Waals surface area (Å²) in [5.74, 6) is -0.256. The van der Waals surface area contributed by atoms with Crippen LogP contribution in [0.1, 0.15) is 16.7 Å². The number of carbonyl (C=O) groups is 2. The zero-order valence-electron chi connectivity index (χ0n) is 16.4. The molecule has 0 bridgehead atoms. The molecule has 0 saturated carbocycles. The van der Waals surface area contributed by atoms with Crippen LogP contribution in [0, 0.1) is 0 Å². The average molecular weight is 422 g/mol. The second kappa shape index (κ2) is 9.82. The van der Waals surface area contributed by atoms with Gasteiger partial charge in [-0.05, 0) is 41.5 Å². The molecule has 0 aromatic heterocycles. The summed E-state index contributed by atoms with van der Waals surface area (Å²) < 4.78 is 48.3. The maximum atomic E-state index is 12.6. The number of hydrogen-bond acceptors (Lipinski definition) is 4. The fourth-order valence-electron chi connectivity index (χ4n) is 2.50. The van der Waals surface area contributed by atoms with E-state index in [2.05, 4.69) is 0 Å². The molecule has 0 heterocycles. The van der Waals surface area contributed by atoms with Crippen molar-refractivity contribution in [3.63, 3.8) is 0 Å². The number of rotatable bonds is 8. The highest BCUT2D eigenvalue weighted by molar-refractivity contribution is 5.91. The largest absolute Gasteiger partial charge is 0.493 e. The van der Waals surface area contributed by atoms with Crippen molar-refractivity contribution in [2.45, 2.75) is 12.7 Å². The van der Waals surface area contributed by atoms with Crippen LogP contribution in [0.3, 0.4) is 0 Å². The van der Waals surface area contributed by atoms with E-state index in [0.717, 1.165) is 12.1 Å². The summed E-state index contributed by atoms with van der Waals surface area (Å²) in [4.78, 5) is 24.5. The lowest BCUT2D eigenvalue weighted by Crippen LogP contribution is -2.24. The van der Waals surface area contributed by atoms with Crippen LogP contribution in [0.2, 0.25) is 0 Å². The van der Waals surface area contributed by atoms with Crippen LogP contribution in [0.5, 0.6) is 11.5 Å². The van der Waals surface area contributed by atoms with Crippen molar-refractivity contribution >= 4 is 17.9 Å². The lowest BCUT2D eigenvalue weighted by atomic mass is 10.1. The zero-order chi connectivity index (χ0) is 22.3. The van der Waals surface area contributed by atoms with Crippen molar-refractivity contribution in [1.29, 1.82) is 0 Å². The smallest absolute Gasteiger partial charge is 0.416 e. The Labute approximate surface area is 171 Å². The molecule has 2 N–H and O–H groups in total. The first-order valence-electron chi connectivity index (χ1n) is 8.78. The first-order valence-corrected chi connectivity index (χ1v) is 8.78. The highest BCUT2D eigenvalue weighted by atomic mass is 19.4. The van der Waals surface area contributed by atoms with Crippen molar-refractivity contribution in [2.75, 3.05) is 20.8 Å². The number of nitrogens with zero attached hydrogens (tertiary/aromatic N) is 1. The first-order chi connectivity index (χ1) is 14.1. The number of ether oxygens (including phenoxy) is 2. The molecule has 0 spiro atoms. The zero-order valence-corrected chi connectivity index (χ0v) is 16.4. The minimum absolute atomic E-state index is 0.157. The topological polar surface area (TPSA) is 81.9 Å². The summed E-state index contributed by atoms with van der Waals surface area (Å²) in [5, 5.41) is 0. The van der Waals surface area contributed by atoms with E-state index in [1.807, 2.05) is 0 Å². The van der Waals surface area contributed by atoms with E-state index in [0.29, 0.717) is 22.6 Å². The van der Waals surface area contributed by atoms with Gasteiger partial charge in [0.15, 0.2) is 18.1 Å². The van der Waals surface area contributed by atoms with E-state index in [4.69, 9.17) is 15.2 Å². The standard InChI is InChI=1S/C21H21F3N2O4/c1-26(12-15-3-7-16(8-4-15)21(22,23)24)20(28)10-6-14-5-9-17(18(11-14)29-2)30-13-19(25)27/h3-11H,12-13H2,1-2H3,(H2,25,27)/b10-6+. The highest BCUT2D eigenvalue weighted by Gasteiger charge is 2.29. The van der Waals surface area contributed by atoms with Crippen molar-refractivity contribution < 1.29 is 32.2 Å². The molecule has 0 saturated heterocycles. The molecule has 30 heavy (non-hydrogen) atoms. The van der Waals surface area contributed by atoms with Crippen molar-refractivity contribution in [1.82, 2.24) is 4.90 Å². The minimum Gasteiger partial charge on any atom is -0.493 e. The fourth-order valence-corrected chi connectivity index (χ4v) is 2.50. The number of halogens is 3. The molecule has 0 aliphatic carbocycles. The summed E-state index contributed by atoms with van der Waals surface area (Å²) in [6.07, 6.45) is -1.50. The number of nitrogens with two attached hydrogens (primary N) is 1. The number of methoxy groups -OCH3 is 1. The van der Waals surface area contributed by atoms with Gasteiger partial charge in [-0.2, -0.15) is 13.2 Å². The Kier molecular flexibility index (Phi) is 7.46. The maximum absolute atomic E-state index is 12.6. The summed E-state index contributed by atoms with van der Waals surface area (Å²) in [7, 11) is 2.98. The van der Waals surface area contributed by atoms with Gasteiger partial charge in [-0.1, -0.05) is 18.2 Å². The number of primary amides is 1. The lowest BCUT2D eigenvalue weighted by Gasteiger charge is -2.16. The predicted octanol–water partition coefficient (Wildman–Crippen LogP) is 3.25. The predicted molar refractivity (Wildman–Crippen MR) is 105 cm³/mol. The molecular weight excluding hydrogens is 401 g/mol. The summed E-state index contributed by atoms with van der Waals surface area (Å²) in [6.45, 7) is -0.136. The Morgan fingerprint density at radius 1 is 1.10 bits per heavy atom. The number of alkyl halides is 3. The summed E-state index contributed by atoms with van der Waals surface area (Å²) in [6, 6.07) is 9.51. The van der Waals surface area contributed by atoms with Crippen molar-refractivity contribution in [3.05, 3.63) is 65.2 Å². The minimum atomic E-state index is -4.40. The number of likely N-dealkylation sites (N-methyl/N-ethyl adjacent to an activating group) is 1. The Balaban J connectivity index is 2.01. The van der Waals surface area contributed by atoms with Gasteiger partial charge in [0, 0.05) is 19.7 Å². The van der Waals surface area contributed by atoms with E-state index >= 15 is 0 Å². The number of hydrogen-bond donors (Lipinski definition) is 1. The number of carbonyl (C=O) groups excluding carboxylic acids is 2. The highest BCUT2D eigenvalue weighted by Crippen LogP contribution is 2.30. The van der Waals surface area contributed by atoms with Gasteiger partial charge in [0.25, 0.3) is 5.91 Å². The molecule has 2 rings (SSSR count). The molecule has 2 aromatic carbocycles. The first kappa shape index (κ1) is 22.8. The molecule has 0 aliphatic rings. The van der Waals surface area contributed by atoms with Crippen LogP contribution >= 0.6 is 0 Å². The Hall–Kier alpha value is -3.49.